The molecule has 0 fully saturated rings. The predicted octanol–water partition coefficient (Wildman–Crippen LogP) is 0.448. The van der Waals surface area contributed by atoms with Crippen LogP contribution in [0.25, 0.3) is 0 Å². The van der Waals surface area contributed by atoms with Gasteiger partial charge in [0.1, 0.15) is 0 Å². The van der Waals surface area contributed by atoms with E-state index in [-0.39, 0.29) is 10.8 Å². The van der Waals surface area contributed by atoms with E-state index < -0.39 is 22.0 Å². The van der Waals surface area contributed by atoms with Crippen LogP contribution in [-0.4, -0.2) is 32.8 Å². The number of anilines is 1. The van der Waals surface area contributed by atoms with Crippen molar-refractivity contribution in [1.82, 2.24) is 10.0 Å². The van der Waals surface area contributed by atoms with Gasteiger partial charge in [0.2, 0.25) is 21.8 Å². The zero-order valence-corrected chi connectivity index (χ0v) is 13.0. The summed E-state index contributed by atoms with van der Waals surface area (Å²) in [6.07, 6.45) is 0. The van der Waals surface area contributed by atoms with Gasteiger partial charge in [0.25, 0.3) is 0 Å². The van der Waals surface area contributed by atoms with Gasteiger partial charge >= 0.3 is 0 Å². The van der Waals surface area contributed by atoms with E-state index in [1.807, 2.05) is 0 Å². The van der Waals surface area contributed by atoms with Crippen LogP contribution in [0.2, 0.25) is 0 Å². The molecule has 1 aromatic rings. The van der Waals surface area contributed by atoms with Crippen LogP contribution in [0.4, 0.5) is 5.69 Å². The number of likely N-dealkylation sites (N-methyl/N-ethyl adjacent to an activating group) is 1. The second-order valence-corrected chi connectivity index (χ2v) is 6.16. The molecule has 7 nitrogen and oxygen atoms in total. The molecule has 0 radical (unpaired) electrons. The average molecular weight is 313 g/mol. The summed E-state index contributed by atoms with van der Waals surface area (Å²) in [5.41, 5.74) is 0.498. The van der Waals surface area contributed by atoms with Gasteiger partial charge in [-0.25, -0.2) is 8.42 Å². The fraction of sp³-hybridized carbons (Fsp3) is 0.385. The Bertz CT molecular complexity index is 611. The van der Waals surface area contributed by atoms with Crippen LogP contribution in [-0.2, 0) is 19.6 Å². The van der Waals surface area contributed by atoms with Crippen molar-refractivity contribution < 1.29 is 18.0 Å². The quantitative estimate of drug-likeness (QED) is 0.709. The first-order valence-electron chi connectivity index (χ1n) is 6.44. The lowest BCUT2D eigenvalue weighted by molar-refractivity contribution is -0.122. The zero-order valence-electron chi connectivity index (χ0n) is 12.1. The molecule has 116 valence electrons. The van der Waals surface area contributed by atoms with Gasteiger partial charge in [-0.05, 0) is 38.1 Å². The fourth-order valence-corrected chi connectivity index (χ4v) is 2.81. The Morgan fingerprint density at radius 3 is 2.24 bits per heavy atom. The van der Waals surface area contributed by atoms with Crippen molar-refractivity contribution in [2.24, 2.45) is 0 Å². The monoisotopic (exact) mass is 313 g/mol. The highest BCUT2D eigenvalue weighted by Crippen LogP contribution is 2.14. The van der Waals surface area contributed by atoms with E-state index in [1.54, 1.807) is 6.92 Å². The summed E-state index contributed by atoms with van der Waals surface area (Å²) in [7, 11) is -3.79. The number of hydrogen-bond acceptors (Lipinski definition) is 4. The van der Waals surface area contributed by atoms with E-state index in [9.17, 15) is 18.0 Å². The molecule has 0 aliphatic heterocycles. The molecule has 2 amide bonds. The predicted molar refractivity (Wildman–Crippen MR) is 79.2 cm³/mol. The van der Waals surface area contributed by atoms with Crippen molar-refractivity contribution in [3.8, 4) is 0 Å². The largest absolute Gasteiger partial charge is 0.355 e. The number of carbonyl (C=O) groups excluding carboxylic acids is 2. The first kappa shape index (κ1) is 17.1. The first-order chi connectivity index (χ1) is 9.76. The molecule has 0 heterocycles. The molecule has 1 aromatic carbocycles. The number of sulfonamides is 1. The maximum atomic E-state index is 12.1. The van der Waals surface area contributed by atoms with Crippen molar-refractivity contribution in [3.63, 3.8) is 0 Å². The summed E-state index contributed by atoms with van der Waals surface area (Å²) in [5, 5.41) is 5.08. The van der Waals surface area contributed by atoms with E-state index in [0.717, 1.165) is 0 Å². The number of amides is 2. The van der Waals surface area contributed by atoms with E-state index in [2.05, 4.69) is 15.4 Å². The standard InChI is InChI=1S/C13H19N3O4S/c1-4-14-13(18)9(2)16-21(19,20)12-7-5-11(6-8-12)15-10(3)17/h5-9,16H,4H2,1-3H3,(H,14,18)(H,15,17). The second-order valence-electron chi connectivity index (χ2n) is 4.44. The van der Waals surface area contributed by atoms with Gasteiger partial charge in [-0.15, -0.1) is 0 Å². The van der Waals surface area contributed by atoms with Gasteiger partial charge in [0, 0.05) is 19.2 Å². The van der Waals surface area contributed by atoms with Crippen molar-refractivity contribution in [3.05, 3.63) is 24.3 Å². The number of benzene rings is 1. The van der Waals surface area contributed by atoms with Crippen LogP contribution in [0.15, 0.2) is 29.2 Å². The Morgan fingerprint density at radius 2 is 1.76 bits per heavy atom. The maximum absolute atomic E-state index is 12.1. The molecule has 1 rings (SSSR count). The summed E-state index contributed by atoms with van der Waals surface area (Å²) >= 11 is 0. The van der Waals surface area contributed by atoms with E-state index in [4.69, 9.17) is 0 Å². The Hall–Kier alpha value is -1.93. The summed E-state index contributed by atoms with van der Waals surface area (Å²) in [5.74, 6) is -0.635. The smallest absolute Gasteiger partial charge is 0.241 e. The second kappa shape index (κ2) is 7.19. The highest BCUT2D eigenvalue weighted by Gasteiger charge is 2.21. The molecule has 1 unspecified atom stereocenters. The van der Waals surface area contributed by atoms with Gasteiger partial charge in [0.15, 0.2) is 0 Å². The SMILES string of the molecule is CCNC(=O)C(C)NS(=O)(=O)c1ccc(NC(C)=O)cc1. The van der Waals surface area contributed by atoms with E-state index in [0.29, 0.717) is 12.2 Å². The number of hydrogen-bond donors (Lipinski definition) is 3. The molecule has 21 heavy (non-hydrogen) atoms. The third kappa shape index (κ3) is 5.16. The summed E-state index contributed by atoms with van der Waals surface area (Å²) in [6.45, 7) is 5.00. The molecule has 0 saturated carbocycles. The van der Waals surface area contributed by atoms with Gasteiger partial charge in [-0.3, -0.25) is 9.59 Å². The fourth-order valence-electron chi connectivity index (χ4n) is 1.60. The molecule has 8 heteroatoms. The van der Waals surface area contributed by atoms with E-state index in [1.165, 1.54) is 38.1 Å². The molecule has 0 bridgehead atoms. The molecule has 0 aliphatic carbocycles. The van der Waals surface area contributed by atoms with Crippen molar-refractivity contribution in [1.29, 1.82) is 0 Å². The number of carbonyl (C=O) groups is 2. The highest BCUT2D eigenvalue weighted by molar-refractivity contribution is 7.89. The first-order valence-corrected chi connectivity index (χ1v) is 7.92. The lowest BCUT2D eigenvalue weighted by Gasteiger charge is -2.14. The van der Waals surface area contributed by atoms with Crippen molar-refractivity contribution >= 4 is 27.5 Å². The Labute approximate surface area is 124 Å². The van der Waals surface area contributed by atoms with E-state index >= 15 is 0 Å². The van der Waals surface area contributed by atoms with Crippen LogP contribution < -0.4 is 15.4 Å². The third-order valence-corrected chi connectivity index (χ3v) is 4.12. The van der Waals surface area contributed by atoms with Crippen molar-refractivity contribution in [2.75, 3.05) is 11.9 Å². The number of rotatable bonds is 6. The number of nitrogens with one attached hydrogen (secondary N) is 3. The normalized spacial score (nSPS) is 12.5. The van der Waals surface area contributed by atoms with Gasteiger partial charge in [0.05, 0.1) is 10.9 Å². The third-order valence-electron chi connectivity index (χ3n) is 2.56. The van der Waals surface area contributed by atoms with Gasteiger partial charge < -0.3 is 10.6 Å². The molecule has 0 spiro atoms. The molecular weight excluding hydrogens is 294 g/mol. The Balaban J connectivity index is 2.83. The topological polar surface area (TPSA) is 104 Å². The maximum Gasteiger partial charge on any atom is 0.241 e. The molecule has 0 saturated heterocycles. The van der Waals surface area contributed by atoms with Crippen LogP contribution in [0.1, 0.15) is 20.8 Å². The summed E-state index contributed by atoms with van der Waals surface area (Å²) in [6, 6.07) is 4.81. The molecule has 1 atom stereocenters. The Kier molecular flexibility index (Phi) is 5.86. The zero-order chi connectivity index (χ0) is 16.0. The Morgan fingerprint density at radius 1 is 1.19 bits per heavy atom. The minimum Gasteiger partial charge on any atom is -0.355 e. The van der Waals surface area contributed by atoms with Crippen LogP contribution >= 0.6 is 0 Å². The van der Waals surface area contributed by atoms with Gasteiger partial charge in [-0.1, -0.05) is 0 Å². The summed E-state index contributed by atoms with van der Waals surface area (Å²) in [4.78, 5) is 22.5. The molecule has 0 aliphatic rings. The van der Waals surface area contributed by atoms with Gasteiger partial charge in [-0.2, -0.15) is 4.72 Å². The lowest BCUT2D eigenvalue weighted by Crippen LogP contribution is -2.44. The average Bonchev–Trinajstić information content (AvgIpc) is 2.38. The van der Waals surface area contributed by atoms with Crippen LogP contribution in [0, 0.1) is 0 Å². The van der Waals surface area contributed by atoms with Crippen molar-refractivity contribution in [2.45, 2.75) is 31.7 Å². The minimum atomic E-state index is -3.79. The minimum absolute atomic E-state index is 0.0211. The van der Waals surface area contributed by atoms with Crippen LogP contribution in [0.5, 0.6) is 0 Å². The van der Waals surface area contributed by atoms with Crippen LogP contribution in [0.3, 0.4) is 0 Å². The summed E-state index contributed by atoms with van der Waals surface area (Å²) < 4.78 is 26.5. The lowest BCUT2D eigenvalue weighted by atomic mass is 10.3. The molecule has 0 aromatic heterocycles. The molecular formula is C13H19N3O4S. The highest BCUT2D eigenvalue weighted by atomic mass is 32.2. The molecule has 3 N–H and O–H groups in total.